The molecular formula is C11H11NO2. The molecule has 3 heteroatoms. The van der Waals surface area contributed by atoms with Gasteiger partial charge in [-0.3, -0.25) is 4.79 Å². The molecule has 2 N–H and O–H groups in total. The van der Waals surface area contributed by atoms with E-state index in [1.54, 1.807) is 6.92 Å². The van der Waals surface area contributed by atoms with Crippen LogP contribution in [-0.2, 0) is 6.61 Å². The summed E-state index contributed by atoms with van der Waals surface area (Å²) in [6.45, 7) is 1.62. The van der Waals surface area contributed by atoms with Crippen LogP contribution in [0.4, 0.5) is 0 Å². The van der Waals surface area contributed by atoms with E-state index >= 15 is 0 Å². The number of benzene rings is 1. The molecular weight excluding hydrogens is 178 g/mol. The van der Waals surface area contributed by atoms with Gasteiger partial charge in [-0.05, 0) is 18.6 Å². The maximum absolute atomic E-state index is 11.4. The van der Waals surface area contributed by atoms with Gasteiger partial charge in [0.2, 0.25) is 0 Å². The smallest absolute Gasteiger partial charge is 0.251 e. The molecule has 0 saturated carbocycles. The molecule has 1 aromatic carbocycles. The molecule has 0 bridgehead atoms. The molecule has 0 fully saturated rings. The van der Waals surface area contributed by atoms with Gasteiger partial charge in [-0.2, -0.15) is 0 Å². The highest BCUT2D eigenvalue weighted by molar-refractivity contribution is 5.82. The SMILES string of the molecule is Cc1c(CO)c2ccccc2[nH]c1=O. The molecule has 0 aliphatic heterocycles. The Labute approximate surface area is 81.0 Å². The number of hydrogen-bond donors (Lipinski definition) is 2. The molecule has 0 aliphatic carbocycles. The average Bonchev–Trinajstić information content (AvgIpc) is 2.20. The topological polar surface area (TPSA) is 53.1 Å². The van der Waals surface area contributed by atoms with E-state index in [-0.39, 0.29) is 12.2 Å². The minimum atomic E-state index is -0.132. The lowest BCUT2D eigenvalue weighted by Crippen LogP contribution is -2.12. The standard InChI is InChI=1S/C11H11NO2/c1-7-9(6-13)8-4-2-3-5-10(8)12-11(7)14/h2-5,13H,6H2,1H3,(H,12,14). The molecule has 0 atom stereocenters. The second-order valence-electron chi connectivity index (χ2n) is 3.26. The Bertz CT molecular complexity index is 528. The zero-order valence-electron chi connectivity index (χ0n) is 7.87. The van der Waals surface area contributed by atoms with Crippen LogP contribution in [0.3, 0.4) is 0 Å². The highest BCUT2D eigenvalue weighted by atomic mass is 16.3. The summed E-state index contributed by atoms with van der Waals surface area (Å²) in [5.41, 5.74) is 1.94. The summed E-state index contributed by atoms with van der Waals surface area (Å²) in [6, 6.07) is 7.47. The fraction of sp³-hybridized carbons (Fsp3) is 0.182. The Hall–Kier alpha value is -1.61. The molecule has 0 amide bonds. The minimum Gasteiger partial charge on any atom is -0.392 e. The Morgan fingerprint density at radius 1 is 1.36 bits per heavy atom. The van der Waals surface area contributed by atoms with Crippen LogP contribution in [0.15, 0.2) is 29.1 Å². The van der Waals surface area contributed by atoms with Gasteiger partial charge in [0.25, 0.3) is 5.56 Å². The van der Waals surface area contributed by atoms with E-state index < -0.39 is 0 Å². The highest BCUT2D eigenvalue weighted by Gasteiger charge is 2.06. The number of pyridine rings is 1. The average molecular weight is 189 g/mol. The van der Waals surface area contributed by atoms with Gasteiger partial charge in [-0.25, -0.2) is 0 Å². The number of para-hydroxylation sites is 1. The highest BCUT2D eigenvalue weighted by Crippen LogP contribution is 2.16. The van der Waals surface area contributed by atoms with Gasteiger partial charge in [0.15, 0.2) is 0 Å². The van der Waals surface area contributed by atoms with Gasteiger partial charge >= 0.3 is 0 Å². The number of rotatable bonds is 1. The van der Waals surface area contributed by atoms with Crippen molar-refractivity contribution in [3.8, 4) is 0 Å². The third kappa shape index (κ3) is 1.22. The Kier molecular flexibility index (Phi) is 2.09. The van der Waals surface area contributed by atoms with Crippen molar-refractivity contribution in [2.75, 3.05) is 0 Å². The number of aliphatic hydroxyl groups is 1. The van der Waals surface area contributed by atoms with Crippen molar-refractivity contribution in [2.45, 2.75) is 13.5 Å². The summed E-state index contributed by atoms with van der Waals surface area (Å²) < 4.78 is 0. The van der Waals surface area contributed by atoms with Crippen molar-refractivity contribution in [2.24, 2.45) is 0 Å². The lowest BCUT2D eigenvalue weighted by Gasteiger charge is -2.06. The van der Waals surface area contributed by atoms with Gasteiger partial charge in [0.05, 0.1) is 6.61 Å². The fourth-order valence-electron chi connectivity index (χ4n) is 1.61. The molecule has 0 spiro atoms. The molecule has 0 aliphatic rings. The summed E-state index contributed by atoms with van der Waals surface area (Å²) in [5, 5.41) is 10.1. The largest absolute Gasteiger partial charge is 0.392 e. The molecule has 0 unspecified atom stereocenters. The molecule has 0 saturated heterocycles. The van der Waals surface area contributed by atoms with Crippen molar-refractivity contribution in [1.82, 2.24) is 4.98 Å². The number of aliphatic hydroxyl groups excluding tert-OH is 1. The van der Waals surface area contributed by atoms with Crippen molar-refractivity contribution in [1.29, 1.82) is 0 Å². The fourth-order valence-corrected chi connectivity index (χ4v) is 1.61. The molecule has 2 aromatic rings. The normalized spacial score (nSPS) is 10.7. The van der Waals surface area contributed by atoms with Crippen LogP contribution >= 0.6 is 0 Å². The predicted octanol–water partition coefficient (Wildman–Crippen LogP) is 1.33. The second-order valence-corrected chi connectivity index (χ2v) is 3.26. The molecule has 0 radical (unpaired) electrons. The predicted molar refractivity (Wildman–Crippen MR) is 55.2 cm³/mol. The molecule has 2 rings (SSSR count). The van der Waals surface area contributed by atoms with Gasteiger partial charge in [-0.15, -0.1) is 0 Å². The van der Waals surface area contributed by atoms with Crippen molar-refractivity contribution < 1.29 is 5.11 Å². The third-order valence-electron chi connectivity index (χ3n) is 2.45. The molecule has 1 heterocycles. The first-order valence-corrected chi connectivity index (χ1v) is 4.45. The quantitative estimate of drug-likeness (QED) is 0.711. The number of fused-ring (bicyclic) bond motifs is 1. The molecule has 1 aromatic heterocycles. The van der Waals surface area contributed by atoms with E-state index in [9.17, 15) is 9.90 Å². The first-order chi connectivity index (χ1) is 6.74. The summed E-state index contributed by atoms with van der Waals surface area (Å²) in [7, 11) is 0. The number of nitrogens with one attached hydrogen (secondary N) is 1. The van der Waals surface area contributed by atoms with Gasteiger partial charge in [-0.1, -0.05) is 18.2 Å². The summed E-state index contributed by atoms with van der Waals surface area (Å²) in [6.07, 6.45) is 0. The number of aromatic amines is 1. The van der Waals surface area contributed by atoms with Crippen LogP contribution in [0.2, 0.25) is 0 Å². The maximum atomic E-state index is 11.4. The van der Waals surface area contributed by atoms with Gasteiger partial charge in [0, 0.05) is 16.5 Å². The van der Waals surface area contributed by atoms with Crippen molar-refractivity contribution in [3.05, 3.63) is 45.7 Å². The van der Waals surface area contributed by atoms with Crippen molar-refractivity contribution >= 4 is 10.9 Å². The summed E-state index contributed by atoms with van der Waals surface area (Å²) >= 11 is 0. The first-order valence-electron chi connectivity index (χ1n) is 4.45. The molecule has 14 heavy (non-hydrogen) atoms. The Morgan fingerprint density at radius 3 is 2.79 bits per heavy atom. The van der Waals surface area contributed by atoms with E-state index in [2.05, 4.69) is 4.98 Å². The van der Waals surface area contributed by atoms with Crippen LogP contribution in [0.25, 0.3) is 10.9 Å². The lowest BCUT2D eigenvalue weighted by atomic mass is 10.1. The van der Waals surface area contributed by atoms with Crippen LogP contribution < -0.4 is 5.56 Å². The number of hydrogen-bond acceptors (Lipinski definition) is 2. The maximum Gasteiger partial charge on any atom is 0.251 e. The van der Waals surface area contributed by atoms with Crippen LogP contribution in [0.1, 0.15) is 11.1 Å². The Balaban J connectivity index is 2.96. The Morgan fingerprint density at radius 2 is 2.07 bits per heavy atom. The lowest BCUT2D eigenvalue weighted by molar-refractivity contribution is 0.282. The van der Waals surface area contributed by atoms with E-state index in [0.29, 0.717) is 11.1 Å². The zero-order valence-corrected chi connectivity index (χ0v) is 7.87. The summed E-state index contributed by atoms with van der Waals surface area (Å²) in [4.78, 5) is 14.2. The van der Waals surface area contributed by atoms with Crippen molar-refractivity contribution in [3.63, 3.8) is 0 Å². The summed E-state index contributed by atoms with van der Waals surface area (Å²) in [5.74, 6) is 0. The first kappa shape index (κ1) is 8.97. The van der Waals surface area contributed by atoms with E-state index in [0.717, 1.165) is 10.9 Å². The zero-order chi connectivity index (χ0) is 10.1. The molecule has 3 nitrogen and oxygen atoms in total. The van der Waals surface area contributed by atoms with Gasteiger partial charge in [0.1, 0.15) is 0 Å². The molecule has 72 valence electrons. The second kappa shape index (κ2) is 3.27. The van der Waals surface area contributed by atoms with Crippen LogP contribution in [-0.4, -0.2) is 10.1 Å². The van der Waals surface area contributed by atoms with E-state index in [4.69, 9.17) is 0 Å². The van der Waals surface area contributed by atoms with Crippen LogP contribution in [0.5, 0.6) is 0 Å². The monoisotopic (exact) mass is 189 g/mol. The number of H-pyrrole nitrogens is 1. The number of aromatic nitrogens is 1. The third-order valence-corrected chi connectivity index (χ3v) is 2.45. The van der Waals surface area contributed by atoms with E-state index in [1.807, 2.05) is 24.3 Å². The minimum absolute atomic E-state index is 0.101. The van der Waals surface area contributed by atoms with Crippen LogP contribution in [0, 0.1) is 6.92 Å². The van der Waals surface area contributed by atoms with Gasteiger partial charge < -0.3 is 10.1 Å². The van der Waals surface area contributed by atoms with E-state index in [1.165, 1.54) is 0 Å².